The Morgan fingerprint density at radius 2 is 1.96 bits per heavy atom. The normalized spacial score (nSPS) is 13.0. The molecular weight excluding hydrogens is 358 g/mol. The van der Waals surface area contributed by atoms with Crippen LogP contribution in [0.3, 0.4) is 0 Å². The van der Waals surface area contributed by atoms with Gasteiger partial charge in [-0.15, -0.1) is 0 Å². The topological polar surface area (TPSA) is 101 Å². The molecule has 0 saturated carbocycles. The van der Waals surface area contributed by atoms with Gasteiger partial charge < -0.3 is 15.0 Å². The summed E-state index contributed by atoms with van der Waals surface area (Å²) in [6.45, 7) is 3.30. The lowest BCUT2D eigenvalue weighted by atomic mass is 9.99. The fourth-order valence-corrected chi connectivity index (χ4v) is 2.52. The van der Waals surface area contributed by atoms with Crippen LogP contribution in [-0.2, 0) is 16.1 Å². The van der Waals surface area contributed by atoms with Gasteiger partial charge in [0.15, 0.2) is 0 Å². The maximum Gasteiger partial charge on any atom is 0.326 e. The third-order valence-corrected chi connectivity index (χ3v) is 4.38. The number of carboxylic acids is 1. The van der Waals surface area contributed by atoms with Crippen molar-refractivity contribution in [3.05, 3.63) is 52.0 Å². The summed E-state index contributed by atoms with van der Waals surface area (Å²) in [4.78, 5) is 39.6. The number of aromatic nitrogens is 2. The third kappa shape index (κ3) is 4.92. The molecule has 0 aliphatic carbocycles. The van der Waals surface area contributed by atoms with Crippen LogP contribution in [0.2, 0.25) is 5.02 Å². The molecule has 0 saturated heterocycles. The first-order valence-corrected chi connectivity index (χ1v) is 8.54. The number of carbonyl (C=O) groups is 2. The lowest BCUT2D eigenvalue weighted by Crippen LogP contribution is -2.46. The molecule has 1 heterocycles. The molecule has 0 spiro atoms. The van der Waals surface area contributed by atoms with E-state index in [9.17, 15) is 19.5 Å². The molecule has 0 bridgehead atoms. The molecule has 2 aromatic rings. The summed E-state index contributed by atoms with van der Waals surface area (Å²) in [5.74, 6) is -1.88. The van der Waals surface area contributed by atoms with Crippen LogP contribution in [0.4, 0.5) is 0 Å². The van der Waals surface area contributed by atoms with Crippen LogP contribution in [0.25, 0.3) is 11.3 Å². The van der Waals surface area contributed by atoms with Crippen LogP contribution in [0.5, 0.6) is 0 Å². The van der Waals surface area contributed by atoms with Crippen molar-refractivity contribution in [2.45, 2.75) is 32.9 Å². The van der Waals surface area contributed by atoms with Gasteiger partial charge in [-0.05, 0) is 18.1 Å². The van der Waals surface area contributed by atoms with Crippen LogP contribution >= 0.6 is 11.6 Å². The number of amides is 1. The first-order chi connectivity index (χ1) is 12.3. The fourth-order valence-electron chi connectivity index (χ4n) is 2.39. The highest BCUT2D eigenvalue weighted by atomic mass is 35.5. The van der Waals surface area contributed by atoms with Gasteiger partial charge in [-0.2, -0.15) is 0 Å². The van der Waals surface area contributed by atoms with Crippen molar-refractivity contribution in [1.29, 1.82) is 0 Å². The van der Waals surface area contributed by atoms with Crippen molar-refractivity contribution in [2.24, 2.45) is 5.92 Å². The van der Waals surface area contributed by atoms with E-state index in [0.717, 1.165) is 11.8 Å². The summed E-state index contributed by atoms with van der Waals surface area (Å²) in [5.41, 5.74) is 0.797. The van der Waals surface area contributed by atoms with E-state index in [0.29, 0.717) is 17.1 Å². The molecule has 26 heavy (non-hydrogen) atoms. The fraction of sp³-hybridized carbons (Fsp3) is 0.333. The van der Waals surface area contributed by atoms with Gasteiger partial charge in [0.2, 0.25) is 5.91 Å². The van der Waals surface area contributed by atoms with E-state index >= 15 is 0 Å². The number of rotatable bonds is 7. The number of nitrogens with zero attached hydrogens (tertiary/aromatic N) is 2. The molecule has 2 rings (SSSR count). The molecule has 2 atom stereocenters. The number of nitrogens with one attached hydrogen (secondary N) is 1. The average molecular weight is 378 g/mol. The molecule has 0 fully saturated rings. The summed E-state index contributed by atoms with van der Waals surface area (Å²) in [6, 6.07) is 5.90. The Balaban J connectivity index is 2.19. The molecule has 7 nitrogen and oxygen atoms in total. The van der Waals surface area contributed by atoms with Gasteiger partial charge >= 0.3 is 5.97 Å². The number of benzene rings is 1. The molecule has 1 aromatic heterocycles. The van der Waals surface area contributed by atoms with Gasteiger partial charge in [-0.25, -0.2) is 9.78 Å². The van der Waals surface area contributed by atoms with Crippen LogP contribution in [-0.4, -0.2) is 32.6 Å². The highest BCUT2D eigenvalue weighted by molar-refractivity contribution is 6.30. The quantitative estimate of drug-likeness (QED) is 0.770. The predicted octanol–water partition coefficient (Wildman–Crippen LogP) is 2.18. The molecule has 1 amide bonds. The first kappa shape index (κ1) is 19.7. The Hall–Kier alpha value is -2.67. The van der Waals surface area contributed by atoms with Crippen molar-refractivity contribution in [3.8, 4) is 11.3 Å². The second kappa shape index (κ2) is 8.62. The maximum absolute atomic E-state index is 12.2. The van der Waals surface area contributed by atoms with Crippen molar-refractivity contribution in [1.82, 2.24) is 14.9 Å². The first-order valence-electron chi connectivity index (χ1n) is 8.16. The van der Waals surface area contributed by atoms with Gasteiger partial charge in [0.05, 0.1) is 11.9 Å². The van der Waals surface area contributed by atoms with Gasteiger partial charge in [0.1, 0.15) is 12.6 Å². The number of hydrogen-bond donors (Lipinski definition) is 2. The Labute approximate surface area is 155 Å². The summed E-state index contributed by atoms with van der Waals surface area (Å²) >= 11 is 5.86. The monoisotopic (exact) mass is 377 g/mol. The highest BCUT2D eigenvalue weighted by Gasteiger charge is 2.25. The van der Waals surface area contributed by atoms with Crippen LogP contribution in [0.15, 0.2) is 41.5 Å². The molecule has 8 heteroatoms. The minimum Gasteiger partial charge on any atom is -0.480 e. The second-order valence-corrected chi connectivity index (χ2v) is 6.45. The van der Waals surface area contributed by atoms with E-state index in [1.807, 2.05) is 6.92 Å². The highest BCUT2D eigenvalue weighted by Crippen LogP contribution is 2.18. The maximum atomic E-state index is 12.2. The lowest BCUT2D eigenvalue weighted by Gasteiger charge is -2.20. The Morgan fingerprint density at radius 1 is 1.31 bits per heavy atom. The molecule has 2 N–H and O–H groups in total. The summed E-state index contributed by atoms with van der Waals surface area (Å²) < 4.78 is 1.20. The van der Waals surface area contributed by atoms with Gasteiger partial charge in [-0.1, -0.05) is 44.0 Å². The number of hydrogen-bond acceptors (Lipinski definition) is 4. The van der Waals surface area contributed by atoms with Gasteiger partial charge in [0, 0.05) is 16.8 Å². The largest absolute Gasteiger partial charge is 0.480 e. The lowest BCUT2D eigenvalue weighted by molar-refractivity contribution is -0.143. The van der Waals surface area contributed by atoms with Crippen LogP contribution < -0.4 is 10.9 Å². The zero-order valence-electron chi connectivity index (χ0n) is 14.5. The van der Waals surface area contributed by atoms with E-state index in [2.05, 4.69) is 10.3 Å². The minimum atomic E-state index is -1.10. The Morgan fingerprint density at radius 3 is 2.54 bits per heavy atom. The van der Waals surface area contributed by atoms with E-state index in [1.165, 1.54) is 10.8 Å². The van der Waals surface area contributed by atoms with E-state index in [1.54, 1.807) is 31.2 Å². The zero-order chi connectivity index (χ0) is 19.3. The summed E-state index contributed by atoms with van der Waals surface area (Å²) in [7, 11) is 0. The molecule has 0 radical (unpaired) electrons. The third-order valence-electron chi connectivity index (χ3n) is 4.12. The van der Waals surface area contributed by atoms with E-state index in [-0.39, 0.29) is 12.5 Å². The SMILES string of the molecule is CC[C@@H](C)[C@H](NC(=O)Cn1cc(-c2ccc(Cl)cc2)ncc1=O)C(=O)O. The van der Waals surface area contributed by atoms with Gasteiger partial charge in [0.25, 0.3) is 5.56 Å². The van der Waals surface area contributed by atoms with E-state index < -0.39 is 23.5 Å². The summed E-state index contributed by atoms with van der Waals surface area (Å²) in [5, 5.41) is 12.3. The predicted molar refractivity (Wildman–Crippen MR) is 98.0 cm³/mol. The molecular formula is C18H20ClN3O4. The molecule has 0 aliphatic heterocycles. The molecule has 0 unspecified atom stereocenters. The number of carbonyl (C=O) groups excluding carboxylic acids is 1. The number of aliphatic carboxylic acids is 1. The minimum absolute atomic E-state index is 0.227. The molecule has 138 valence electrons. The Bertz CT molecular complexity index is 848. The number of carboxylic acid groups (broad SMARTS) is 1. The second-order valence-electron chi connectivity index (χ2n) is 6.01. The van der Waals surface area contributed by atoms with E-state index in [4.69, 9.17) is 11.6 Å². The van der Waals surface area contributed by atoms with Crippen molar-refractivity contribution in [3.63, 3.8) is 0 Å². The smallest absolute Gasteiger partial charge is 0.326 e. The van der Waals surface area contributed by atoms with Crippen LogP contribution in [0, 0.1) is 5.92 Å². The summed E-state index contributed by atoms with van der Waals surface area (Å²) in [6.07, 6.45) is 3.19. The zero-order valence-corrected chi connectivity index (χ0v) is 15.2. The van der Waals surface area contributed by atoms with Crippen molar-refractivity contribution in [2.75, 3.05) is 0 Å². The Kier molecular flexibility index (Phi) is 6.52. The van der Waals surface area contributed by atoms with Crippen LogP contribution in [0.1, 0.15) is 20.3 Å². The van der Waals surface area contributed by atoms with Crippen molar-refractivity contribution < 1.29 is 14.7 Å². The molecule has 1 aromatic carbocycles. The average Bonchev–Trinajstić information content (AvgIpc) is 2.61. The molecule has 0 aliphatic rings. The number of halogens is 1. The van der Waals surface area contributed by atoms with Gasteiger partial charge in [-0.3, -0.25) is 9.59 Å². The van der Waals surface area contributed by atoms with Crippen molar-refractivity contribution >= 4 is 23.5 Å². The standard InChI is InChI=1S/C18H20ClN3O4/c1-3-11(2)17(18(25)26)21-15(23)10-22-9-14(20-8-16(22)24)12-4-6-13(19)7-5-12/h4-9,11,17H,3,10H2,1-2H3,(H,21,23)(H,25,26)/t11-,17+/m1/s1.